The van der Waals surface area contributed by atoms with Gasteiger partial charge in [-0.25, -0.2) is 13.1 Å². The van der Waals surface area contributed by atoms with Gasteiger partial charge in [0.1, 0.15) is 5.02 Å². The molecule has 1 saturated carbocycles. The molecule has 0 radical (unpaired) electrons. The van der Waals surface area contributed by atoms with Gasteiger partial charge in [-0.2, -0.15) is 0 Å². The van der Waals surface area contributed by atoms with E-state index in [0.717, 1.165) is 25.3 Å². The van der Waals surface area contributed by atoms with Crippen LogP contribution < -0.4 is 4.72 Å². The lowest BCUT2D eigenvalue weighted by Gasteiger charge is -2.18. The van der Waals surface area contributed by atoms with Crippen molar-refractivity contribution < 1.29 is 13.3 Å². The van der Waals surface area contributed by atoms with Crippen molar-refractivity contribution in [2.75, 3.05) is 0 Å². The molecule has 2 unspecified atom stereocenters. The third-order valence-corrected chi connectivity index (χ3v) is 5.83. The monoisotopic (exact) mass is 332 g/mol. The summed E-state index contributed by atoms with van der Waals surface area (Å²) in [6.07, 6.45) is 2.75. The molecule has 1 fully saturated rings. The maximum Gasteiger partial charge on any atom is 0.289 e. The average molecular weight is 333 g/mol. The molecule has 6 nitrogen and oxygen atoms in total. The van der Waals surface area contributed by atoms with Gasteiger partial charge in [-0.15, -0.1) is 0 Å². The minimum Gasteiger partial charge on any atom is -0.258 e. The van der Waals surface area contributed by atoms with E-state index < -0.39 is 20.6 Å². The number of nitro benzene ring substituents is 1. The molecule has 0 spiro atoms. The first-order chi connectivity index (χ1) is 9.72. The summed E-state index contributed by atoms with van der Waals surface area (Å²) in [4.78, 5) is 10.1. The number of nitrogens with zero attached hydrogens (tertiary/aromatic N) is 1. The lowest BCUT2D eigenvalue weighted by atomic mass is 10.1. The van der Waals surface area contributed by atoms with Crippen molar-refractivity contribution in [1.82, 2.24) is 4.72 Å². The van der Waals surface area contributed by atoms with Crippen LogP contribution in [0.25, 0.3) is 0 Å². The number of nitro groups is 1. The number of halogens is 1. The Hall–Kier alpha value is -1.18. The fourth-order valence-electron chi connectivity index (χ4n) is 2.65. The van der Waals surface area contributed by atoms with Gasteiger partial charge in [0, 0.05) is 12.1 Å². The molecule has 0 saturated heterocycles. The molecule has 1 aromatic carbocycles. The molecular formula is C13H17ClN2O4S. The van der Waals surface area contributed by atoms with Gasteiger partial charge in [0.25, 0.3) is 5.69 Å². The SMILES string of the molecule is Cc1cc(Cl)c([N+](=O)[O-])cc1S(=O)(=O)NC1CCCC1C. The Bertz CT molecular complexity index is 675. The van der Waals surface area contributed by atoms with Crippen LogP contribution in [0.4, 0.5) is 5.69 Å². The van der Waals surface area contributed by atoms with Crippen LogP contribution in [0.3, 0.4) is 0 Å². The van der Waals surface area contributed by atoms with E-state index in [0.29, 0.717) is 5.56 Å². The van der Waals surface area contributed by atoms with Crippen LogP contribution >= 0.6 is 11.6 Å². The van der Waals surface area contributed by atoms with Crippen LogP contribution in [0.1, 0.15) is 31.7 Å². The molecule has 21 heavy (non-hydrogen) atoms. The summed E-state index contributed by atoms with van der Waals surface area (Å²) in [5.41, 5.74) is -0.00846. The van der Waals surface area contributed by atoms with E-state index in [-0.39, 0.29) is 21.9 Å². The molecule has 116 valence electrons. The lowest BCUT2D eigenvalue weighted by Crippen LogP contribution is -2.36. The molecule has 0 amide bonds. The minimum atomic E-state index is -3.79. The summed E-state index contributed by atoms with van der Waals surface area (Å²) in [6.45, 7) is 3.57. The molecule has 8 heteroatoms. The molecule has 0 aromatic heterocycles. The minimum absolute atomic E-state index is 0.0642. The number of hydrogen-bond acceptors (Lipinski definition) is 4. The van der Waals surface area contributed by atoms with Crippen molar-refractivity contribution in [2.45, 2.75) is 44.0 Å². The van der Waals surface area contributed by atoms with Gasteiger partial charge in [0.15, 0.2) is 0 Å². The number of aryl methyl sites for hydroxylation is 1. The number of sulfonamides is 1. The molecule has 2 atom stereocenters. The largest absolute Gasteiger partial charge is 0.289 e. The maximum absolute atomic E-state index is 12.5. The van der Waals surface area contributed by atoms with Crippen LogP contribution in [0.15, 0.2) is 17.0 Å². The first-order valence-corrected chi connectivity index (χ1v) is 8.55. The lowest BCUT2D eigenvalue weighted by molar-refractivity contribution is -0.384. The molecular weight excluding hydrogens is 316 g/mol. The Labute approximate surface area is 128 Å². The zero-order chi connectivity index (χ0) is 15.8. The predicted octanol–water partition coefficient (Wildman–Crippen LogP) is 3.02. The smallest absolute Gasteiger partial charge is 0.258 e. The fourth-order valence-corrected chi connectivity index (χ4v) is 4.57. The standard InChI is InChI=1S/C13H17ClN2O4S/c1-8-4-3-5-11(8)15-21(19,20)13-7-12(16(17)18)10(14)6-9(13)2/h6-8,11,15H,3-5H2,1-2H3. The fraction of sp³-hybridized carbons (Fsp3) is 0.538. The molecule has 1 N–H and O–H groups in total. The van der Waals surface area contributed by atoms with Crippen molar-refractivity contribution in [1.29, 1.82) is 0 Å². The molecule has 1 aliphatic carbocycles. The number of benzene rings is 1. The highest BCUT2D eigenvalue weighted by Crippen LogP contribution is 2.31. The second-order valence-electron chi connectivity index (χ2n) is 5.46. The highest BCUT2D eigenvalue weighted by atomic mass is 35.5. The number of rotatable bonds is 4. The van der Waals surface area contributed by atoms with Crippen LogP contribution in [0, 0.1) is 23.0 Å². The van der Waals surface area contributed by atoms with E-state index in [4.69, 9.17) is 11.6 Å². The van der Waals surface area contributed by atoms with Crippen molar-refractivity contribution >= 4 is 27.3 Å². The van der Waals surface area contributed by atoms with E-state index in [2.05, 4.69) is 4.72 Å². The van der Waals surface area contributed by atoms with Crippen LogP contribution in [0.2, 0.25) is 5.02 Å². The number of hydrogen-bond donors (Lipinski definition) is 1. The van der Waals surface area contributed by atoms with Gasteiger partial charge >= 0.3 is 0 Å². The van der Waals surface area contributed by atoms with Crippen molar-refractivity contribution in [2.24, 2.45) is 5.92 Å². The third kappa shape index (κ3) is 3.36. The molecule has 1 aliphatic rings. The van der Waals surface area contributed by atoms with E-state index >= 15 is 0 Å². The summed E-state index contributed by atoms with van der Waals surface area (Å²) < 4.78 is 27.6. The zero-order valence-electron chi connectivity index (χ0n) is 11.8. The first kappa shape index (κ1) is 16.2. The second-order valence-corrected chi connectivity index (χ2v) is 7.55. The number of nitrogens with one attached hydrogen (secondary N) is 1. The summed E-state index contributed by atoms with van der Waals surface area (Å²) in [6, 6.07) is 2.22. The predicted molar refractivity (Wildman–Crippen MR) is 80.0 cm³/mol. The van der Waals surface area contributed by atoms with Gasteiger partial charge in [0.2, 0.25) is 10.0 Å². The third-order valence-electron chi connectivity index (χ3n) is 3.90. The first-order valence-electron chi connectivity index (χ1n) is 6.69. The van der Waals surface area contributed by atoms with Gasteiger partial charge < -0.3 is 0 Å². The Morgan fingerprint density at radius 3 is 2.57 bits per heavy atom. The van der Waals surface area contributed by atoms with Crippen LogP contribution in [0.5, 0.6) is 0 Å². The average Bonchev–Trinajstić information content (AvgIpc) is 2.73. The maximum atomic E-state index is 12.5. The summed E-state index contributed by atoms with van der Waals surface area (Å²) in [5.74, 6) is 0.266. The van der Waals surface area contributed by atoms with E-state index in [1.165, 1.54) is 6.07 Å². The molecule has 2 rings (SSSR count). The zero-order valence-corrected chi connectivity index (χ0v) is 13.4. The summed E-state index contributed by atoms with van der Waals surface area (Å²) in [5, 5.41) is 10.9. The molecule has 1 aromatic rings. The highest BCUT2D eigenvalue weighted by Gasteiger charge is 2.30. The van der Waals surface area contributed by atoms with Gasteiger partial charge in [-0.3, -0.25) is 10.1 Å². The van der Waals surface area contributed by atoms with Gasteiger partial charge in [-0.1, -0.05) is 24.9 Å². The normalized spacial score (nSPS) is 22.4. The highest BCUT2D eigenvalue weighted by molar-refractivity contribution is 7.89. The second kappa shape index (κ2) is 5.90. The van der Waals surface area contributed by atoms with Crippen molar-refractivity contribution in [3.05, 3.63) is 32.8 Å². The van der Waals surface area contributed by atoms with E-state index in [1.807, 2.05) is 6.92 Å². The Morgan fingerprint density at radius 2 is 2.05 bits per heavy atom. The topological polar surface area (TPSA) is 89.3 Å². The molecule has 0 heterocycles. The van der Waals surface area contributed by atoms with Crippen LogP contribution in [-0.4, -0.2) is 19.4 Å². The Balaban J connectivity index is 2.40. The summed E-state index contributed by atoms with van der Waals surface area (Å²) >= 11 is 5.78. The summed E-state index contributed by atoms with van der Waals surface area (Å²) in [7, 11) is -3.79. The van der Waals surface area contributed by atoms with Gasteiger partial charge in [-0.05, 0) is 37.3 Å². The molecule has 0 bridgehead atoms. The Kier molecular flexibility index (Phi) is 4.55. The van der Waals surface area contributed by atoms with E-state index in [9.17, 15) is 18.5 Å². The van der Waals surface area contributed by atoms with Crippen molar-refractivity contribution in [3.8, 4) is 0 Å². The van der Waals surface area contributed by atoms with Crippen molar-refractivity contribution in [3.63, 3.8) is 0 Å². The van der Waals surface area contributed by atoms with Crippen LogP contribution in [-0.2, 0) is 10.0 Å². The van der Waals surface area contributed by atoms with Gasteiger partial charge in [0.05, 0.1) is 9.82 Å². The Morgan fingerprint density at radius 1 is 1.38 bits per heavy atom. The van der Waals surface area contributed by atoms with E-state index in [1.54, 1.807) is 6.92 Å². The quantitative estimate of drug-likeness (QED) is 0.678. The molecule has 0 aliphatic heterocycles.